The van der Waals surface area contributed by atoms with Gasteiger partial charge in [0.25, 0.3) is 0 Å². The Kier molecular flexibility index (Phi) is 7.77. The minimum Gasteiger partial charge on any atom is -0.491 e. The average Bonchev–Trinajstić information content (AvgIpc) is 3.35. The van der Waals surface area contributed by atoms with Crippen LogP contribution in [0.5, 0.6) is 5.75 Å². The number of rotatable bonds is 8. The minimum absolute atomic E-state index is 0.122. The van der Waals surface area contributed by atoms with Gasteiger partial charge in [-0.15, -0.1) is 0 Å². The number of halogens is 4. The fourth-order valence-electron chi connectivity index (χ4n) is 6.95. The number of carbonyl (C=O) groups is 1. The zero-order chi connectivity index (χ0) is 34.6. The van der Waals surface area contributed by atoms with Crippen molar-refractivity contribution in [3.8, 4) is 16.9 Å². The van der Waals surface area contributed by atoms with Crippen LogP contribution in [0.15, 0.2) is 102 Å². The van der Waals surface area contributed by atoms with Gasteiger partial charge >= 0.3 is 11.9 Å². The number of nitrogens with zero attached hydrogens (tertiary/aromatic N) is 4. The standard InChI is InChI=1S/C39H30F4N4O3/c40-13-16-50-28-18-25(17-27(20-28)39(41,42)43)26-19-34-37(44-21-26)47(38(49)46(34)23-35(48)45-14-6-15-45)22-24-7-5-12-33-31-9-2-1-8-29(31)30-10-3-4-11-32(30)36(24)33/h1-5,7-12,17-21H,6,13-16,22-23H2. The van der Waals surface area contributed by atoms with Gasteiger partial charge in [-0.25, -0.2) is 14.2 Å². The number of fused-ring (bicyclic) bond motifs is 7. The molecule has 0 saturated carbocycles. The van der Waals surface area contributed by atoms with Crippen molar-refractivity contribution in [1.82, 2.24) is 19.0 Å². The number of benzene rings is 5. The summed E-state index contributed by atoms with van der Waals surface area (Å²) in [6, 6.07) is 27.0. The number of ether oxygens (including phenoxy) is 1. The highest BCUT2D eigenvalue weighted by Crippen LogP contribution is 2.38. The lowest BCUT2D eigenvalue weighted by Crippen LogP contribution is -2.44. The van der Waals surface area contributed by atoms with Crippen molar-refractivity contribution in [2.24, 2.45) is 0 Å². The van der Waals surface area contributed by atoms with E-state index >= 15 is 0 Å². The number of aromatic nitrogens is 3. The van der Waals surface area contributed by atoms with E-state index in [0.29, 0.717) is 18.6 Å². The van der Waals surface area contributed by atoms with Gasteiger partial charge in [0.1, 0.15) is 25.6 Å². The van der Waals surface area contributed by atoms with Crippen LogP contribution in [0.1, 0.15) is 17.5 Å². The number of likely N-dealkylation sites (tertiary alicyclic amines) is 1. The number of carbonyl (C=O) groups excluding carboxylic acids is 1. The van der Waals surface area contributed by atoms with Crippen molar-refractivity contribution in [2.75, 3.05) is 26.4 Å². The summed E-state index contributed by atoms with van der Waals surface area (Å²) < 4.78 is 62.6. The topological polar surface area (TPSA) is 69.4 Å². The van der Waals surface area contributed by atoms with Gasteiger partial charge < -0.3 is 9.64 Å². The van der Waals surface area contributed by atoms with Crippen LogP contribution < -0.4 is 10.4 Å². The summed E-state index contributed by atoms with van der Waals surface area (Å²) >= 11 is 0. The number of alkyl halides is 4. The van der Waals surface area contributed by atoms with Crippen LogP contribution in [-0.4, -0.2) is 51.3 Å². The Labute approximate surface area is 282 Å². The molecule has 0 radical (unpaired) electrons. The predicted molar refractivity (Wildman–Crippen MR) is 185 cm³/mol. The summed E-state index contributed by atoms with van der Waals surface area (Å²) in [6.07, 6.45) is -2.41. The normalized spacial score (nSPS) is 13.4. The Bertz CT molecular complexity index is 2470. The fraction of sp³-hybridized carbons (Fsp3) is 0.205. The lowest BCUT2D eigenvalue weighted by atomic mass is 9.92. The van der Waals surface area contributed by atoms with Crippen molar-refractivity contribution >= 4 is 49.4 Å². The van der Waals surface area contributed by atoms with E-state index in [1.807, 2.05) is 36.4 Å². The van der Waals surface area contributed by atoms with Crippen LogP contribution in [0, 0.1) is 0 Å². The molecule has 252 valence electrons. The molecule has 0 N–H and O–H groups in total. The van der Waals surface area contributed by atoms with Crippen LogP contribution in [0.2, 0.25) is 0 Å². The first-order valence-corrected chi connectivity index (χ1v) is 16.3. The smallest absolute Gasteiger partial charge is 0.416 e. The van der Waals surface area contributed by atoms with Crippen LogP contribution in [0.3, 0.4) is 0 Å². The largest absolute Gasteiger partial charge is 0.491 e. The van der Waals surface area contributed by atoms with Crippen molar-refractivity contribution < 1.29 is 27.1 Å². The summed E-state index contributed by atoms with van der Waals surface area (Å²) in [5, 5.41) is 6.34. The van der Waals surface area contributed by atoms with Gasteiger partial charge in [0.15, 0.2) is 5.65 Å². The van der Waals surface area contributed by atoms with E-state index in [2.05, 4.69) is 35.3 Å². The first kappa shape index (κ1) is 31.6. The van der Waals surface area contributed by atoms with Crippen molar-refractivity contribution in [2.45, 2.75) is 25.7 Å². The molecule has 1 aliphatic heterocycles. The first-order chi connectivity index (χ1) is 24.2. The van der Waals surface area contributed by atoms with E-state index in [-0.39, 0.29) is 41.5 Å². The summed E-state index contributed by atoms with van der Waals surface area (Å²) in [7, 11) is 0. The third kappa shape index (κ3) is 5.42. The molecule has 1 fully saturated rings. The number of hydrogen-bond acceptors (Lipinski definition) is 4. The Hall–Kier alpha value is -5.71. The Morgan fingerprint density at radius 1 is 0.800 bits per heavy atom. The lowest BCUT2D eigenvalue weighted by Gasteiger charge is -2.30. The summed E-state index contributed by atoms with van der Waals surface area (Å²) in [4.78, 5) is 33.8. The summed E-state index contributed by atoms with van der Waals surface area (Å²) in [5.74, 6) is -0.377. The van der Waals surface area contributed by atoms with Crippen molar-refractivity contribution in [3.05, 3.63) is 119 Å². The van der Waals surface area contributed by atoms with Crippen LogP contribution in [0.25, 0.3) is 54.6 Å². The highest BCUT2D eigenvalue weighted by Gasteiger charge is 2.32. The molecule has 0 bridgehead atoms. The minimum atomic E-state index is -4.69. The van der Waals surface area contributed by atoms with Crippen LogP contribution >= 0.6 is 0 Å². The summed E-state index contributed by atoms with van der Waals surface area (Å²) in [5.41, 5.74) is 0.436. The van der Waals surface area contributed by atoms with E-state index in [4.69, 9.17) is 4.74 Å². The van der Waals surface area contributed by atoms with E-state index in [1.54, 1.807) is 11.0 Å². The van der Waals surface area contributed by atoms with Crippen LogP contribution in [-0.2, 0) is 24.1 Å². The van der Waals surface area contributed by atoms with E-state index < -0.39 is 30.7 Å². The van der Waals surface area contributed by atoms with Gasteiger partial charge in [0.05, 0.1) is 17.6 Å². The zero-order valence-electron chi connectivity index (χ0n) is 26.7. The monoisotopic (exact) mass is 678 g/mol. The highest BCUT2D eigenvalue weighted by molar-refractivity contribution is 6.26. The molecule has 1 amide bonds. The van der Waals surface area contributed by atoms with Crippen LogP contribution in [0.4, 0.5) is 17.6 Å². The van der Waals surface area contributed by atoms with E-state index in [9.17, 15) is 27.2 Å². The molecule has 8 rings (SSSR count). The molecule has 50 heavy (non-hydrogen) atoms. The van der Waals surface area contributed by atoms with E-state index in [0.717, 1.165) is 56.4 Å². The Morgan fingerprint density at radius 2 is 1.46 bits per heavy atom. The van der Waals surface area contributed by atoms with Gasteiger partial charge in [-0.2, -0.15) is 13.2 Å². The Morgan fingerprint density at radius 3 is 2.10 bits per heavy atom. The predicted octanol–water partition coefficient (Wildman–Crippen LogP) is 7.97. The van der Waals surface area contributed by atoms with Crippen molar-refractivity contribution in [1.29, 1.82) is 0 Å². The zero-order valence-corrected chi connectivity index (χ0v) is 26.7. The second-order valence-corrected chi connectivity index (χ2v) is 12.5. The van der Waals surface area contributed by atoms with E-state index in [1.165, 1.54) is 21.4 Å². The number of imidazole rings is 1. The SMILES string of the molecule is O=C(Cn1c(=O)n(Cc2cccc3c4ccccc4c4ccccc4c23)c2ncc(-c3cc(OCCF)cc(C(F)(F)F)c3)cc21)N1CCC1. The molecule has 0 spiro atoms. The number of pyridine rings is 1. The molecular formula is C39H30F4N4O3. The quantitative estimate of drug-likeness (QED) is 0.121. The second-order valence-electron chi connectivity index (χ2n) is 12.5. The lowest BCUT2D eigenvalue weighted by molar-refractivity contribution is -0.137. The maximum atomic E-state index is 14.3. The van der Waals surface area contributed by atoms with Gasteiger partial charge in [-0.05, 0) is 74.1 Å². The molecule has 5 aromatic carbocycles. The molecule has 11 heteroatoms. The van der Waals surface area contributed by atoms with Gasteiger partial charge in [0, 0.05) is 24.8 Å². The molecule has 7 aromatic rings. The van der Waals surface area contributed by atoms with Gasteiger partial charge in [0.2, 0.25) is 5.91 Å². The molecule has 0 atom stereocenters. The molecule has 1 aliphatic rings. The maximum absolute atomic E-state index is 14.3. The first-order valence-electron chi connectivity index (χ1n) is 16.3. The molecule has 0 unspecified atom stereocenters. The second kappa shape index (κ2) is 12.3. The van der Waals surface area contributed by atoms with Gasteiger partial charge in [-0.1, -0.05) is 66.7 Å². The molecular weight excluding hydrogens is 648 g/mol. The molecule has 2 aromatic heterocycles. The third-order valence-electron chi connectivity index (χ3n) is 9.45. The van der Waals surface area contributed by atoms with Gasteiger partial charge in [-0.3, -0.25) is 13.9 Å². The fourth-order valence-corrected chi connectivity index (χ4v) is 6.95. The number of hydrogen-bond donors (Lipinski definition) is 0. The molecule has 0 aliphatic carbocycles. The Balaban J connectivity index is 1.31. The molecule has 3 heterocycles. The maximum Gasteiger partial charge on any atom is 0.416 e. The highest BCUT2D eigenvalue weighted by atomic mass is 19.4. The third-order valence-corrected chi connectivity index (χ3v) is 9.45. The average molecular weight is 679 g/mol. The number of amides is 1. The molecule has 1 saturated heterocycles. The van der Waals surface area contributed by atoms with Crippen molar-refractivity contribution in [3.63, 3.8) is 0 Å². The summed E-state index contributed by atoms with van der Waals surface area (Å²) in [6.45, 7) is -0.191. The molecule has 7 nitrogen and oxygen atoms in total.